The van der Waals surface area contributed by atoms with Crippen molar-refractivity contribution < 1.29 is 4.42 Å². The molecule has 2 aromatic heterocycles. The predicted octanol–water partition coefficient (Wildman–Crippen LogP) is 5.44. The van der Waals surface area contributed by atoms with Gasteiger partial charge in [0.15, 0.2) is 0 Å². The molecule has 0 aliphatic carbocycles. The highest BCUT2D eigenvalue weighted by Gasteiger charge is 2.19. The molecule has 0 fully saturated rings. The van der Waals surface area contributed by atoms with Crippen molar-refractivity contribution in [2.24, 2.45) is 0 Å². The Morgan fingerprint density at radius 2 is 1.94 bits per heavy atom. The lowest BCUT2D eigenvalue weighted by atomic mass is 10.0. The number of furan rings is 1. The zero-order valence-corrected chi connectivity index (χ0v) is 11.8. The third-order valence-electron chi connectivity index (χ3n) is 3.14. The molecule has 18 heavy (non-hydrogen) atoms. The van der Waals surface area contributed by atoms with Crippen LogP contribution in [0.25, 0.3) is 10.1 Å². The van der Waals surface area contributed by atoms with Gasteiger partial charge in [-0.3, -0.25) is 0 Å². The first-order valence-electron chi connectivity index (χ1n) is 5.84. The normalized spacial score (nSPS) is 13.1. The maximum Gasteiger partial charge on any atom is 0.106 e. The van der Waals surface area contributed by atoms with Crippen LogP contribution in [0.2, 0.25) is 0 Å². The van der Waals surface area contributed by atoms with Gasteiger partial charge in [0.2, 0.25) is 0 Å². The minimum Gasteiger partial charge on any atom is -0.466 e. The first-order valence-corrected chi connectivity index (χ1v) is 7.15. The zero-order valence-electron chi connectivity index (χ0n) is 10.2. The summed E-state index contributed by atoms with van der Waals surface area (Å²) in [4.78, 5) is 0. The first kappa shape index (κ1) is 11.8. The van der Waals surface area contributed by atoms with E-state index in [0.29, 0.717) is 0 Å². The molecule has 1 nitrogen and oxygen atoms in total. The van der Waals surface area contributed by atoms with Crippen molar-refractivity contribution in [1.82, 2.24) is 0 Å². The lowest BCUT2D eigenvalue weighted by Gasteiger charge is -2.07. The lowest BCUT2D eigenvalue weighted by molar-refractivity contribution is 0.501. The highest BCUT2D eigenvalue weighted by molar-refractivity contribution is 7.17. The van der Waals surface area contributed by atoms with Crippen LogP contribution in [0.3, 0.4) is 0 Å². The van der Waals surface area contributed by atoms with Crippen LogP contribution >= 0.6 is 22.9 Å². The van der Waals surface area contributed by atoms with Gasteiger partial charge in [-0.05, 0) is 42.3 Å². The predicted molar refractivity (Wildman–Crippen MR) is 77.7 cm³/mol. The molecule has 0 N–H and O–H groups in total. The van der Waals surface area contributed by atoms with Gasteiger partial charge in [0.05, 0.1) is 5.38 Å². The summed E-state index contributed by atoms with van der Waals surface area (Å²) in [5.74, 6) is 1.82. The molecule has 0 amide bonds. The molecule has 3 rings (SSSR count). The van der Waals surface area contributed by atoms with E-state index in [9.17, 15) is 0 Å². The van der Waals surface area contributed by atoms with E-state index in [1.807, 2.05) is 19.9 Å². The standard InChI is InChI=1S/C15H13ClOS/c1-9-7-12(10(2)17-9)15(16)13-8-18-14-6-4-3-5-11(13)14/h3-8,15H,1-2H3. The van der Waals surface area contributed by atoms with Gasteiger partial charge in [-0.25, -0.2) is 0 Å². The largest absolute Gasteiger partial charge is 0.466 e. The molecular weight excluding hydrogens is 264 g/mol. The number of rotatable bonds is 2. The van der Waals surface area contributed by atoms with Crippen LogP contribution in [0.4, 0.5) is 0 Å². The van der Waals surface area contributed by atoms with Gasteiger partial charge in [0.1, 0.15) is 11.5 Å². The summed E-state index contributed by atoms with van der Waals surface area (Å²) in [6.45, 7) is 3.91. The maximum atomic E-state index is 6.62. The third kappa shape index (κ3) is 1.86. The number of aryl methyl sites for hydroxylation is 2. The minimum atomic E-state index is -0.140. The van der Waals surface area contributed by atoms with Crippen LogP contribution in [-0.4, -0.2) is 0 Å². The van der Waals surface area contributed by atoms with Gasteiger partial charge in [0.25, 0.3) is 0 Å². The molecule has 0 aliphatic rings. The van der Waals surface area contributed by atoms with Gasteiger partial charge in [-0.2, -0.15) is 0 Å². The minimum absolute atomic E-state index is 0.140. The van der Waals surface area contributed by atoms with Crippen LogP contribution in [0, 0.1) is 13.8 Å². The number of alkyl halides is 1. The second-order valence-electron chi connectivity index (χ2n) is 4.42. The van der Waals surface area contributed by atoms with Gasteiger partial charge >= 0.3 is 0 Å². The summed E-state index contributed by atoms with van der Waals surface area (Å²) in [6, 6.07) is 10.4. The molecule has 1 aromatic carbocycles. The Kier molecular flexibility index (Phi) is 2.92. The summed E-state index contributed by atoms with van der Waals surface area (Å²) in [6.07, 6.45) is 0. The molecular formula is C15H13ClOS. The molecule has 0 aliphatic heterocycles. The topological polar surface area (TPSA) is 13.1 Å². The van der Waals surface area contributed by atoms with E-state index < -0.39 is 0 Å². The highest BCUT2D eigenvalue weighted by atomic mass is 35.5. The molecule has 0 spiro atoms. The number of hydrogen-bond acceptors (Lipinski definition) is 2. The molecule has 0 saturated heterocycles. The summed E-state index contributed by atoms with van der Waals surface area (Å²) in [5, 5.41) is 3.24. The van der Waals surface area contributed by atoms with E-state index in [-0.39, 0.29) is 5.38 Å². The summed E-state index contributed by atoms with van der Waals surface area (Å²) < 4.78 is 6.84. The van der Waals surface area contributed by atoms with Crippen molar-refractivity contribution in [1.29, 1.82) is 0 Å². The van der Waals surface area contributed by atoms with Crippen molar-refractivity contribution in [3.05, 3.63) is 58.4 Å². The SMILES string of the molecule is Cc1cc(C(Cl)c2csc3ccccc23)c(C)o1. The zero-order chi connectivity index (χ0) is 12.7. The summed E-state index contributed by atoms with van der Waals surface area (Å²) in [5.41, 5.74) is 2.24. The third-order valence-corrected chi connectivity index (χ3v) is 4.59. The van der Waals surface area contributed by atoms with Crippen LogP contribution < -0.4 is 0 Å². The van der Waals surface area contributed by atoms with E-state index in [2.05, 4.69) is 29.6 Å². The number of benzene rings is 1. The molecule has 3 heteroatoms. The van der Waals surface area contributed by atoms with E-state index in [1.165, 1.54) is 15.6 Å². The van der Waals surface area contributed by atoms with Crippen LogP contribution in [0.5, 0.6) is 0 Å². The molecule has 2 heterocycles. The van der Waals surface area contributed by atoms with Crippen molar-refractivity contribution in [2.45, 2.75) is 19.2 Å². The Morgan fingerprint density at radius 1 is 1.17 bits per heavy atom. The fraction of sp³-hybridized carbons (Fsp3) is 0.200. The van der Waals surface area contributed by atoms with E-state index >= 15 is 0 Å². The fourth-order valence-electron chi connectivity index (χ4n) is 2.26. The number of thiophene rings is 1. The van der Waals surface area contributed by atoms with Crippen LogP contribution in [0.15, 0.2) is 40.1 Å². The molecule has 0 radical (unpaired) electrons. The summed E-state index contributed by atoms with van der Waals surface area (Å²) >= 11 is 8.35. The fourth-order valence-corrected chi connectivity index (χ4v) is 3.72. The number of halogens is 1. The molecule has 1 unspecified atom stereocenters. The molecule has 92 valence electrons. The second-order valence-corrected chi connectivity index (χ2v) is 5.77. The monoisotopic (exact) mass is 276 g/mol. The van der Waals surface area contributed by atoms with Gasteiger partial charge in [0, 0.05) is 10.3 Å². The molecule has 0 bridgehead atoms. The van der Waals surface area contributed by atoms with E-state index in [4.69, 9.17) is 16.0 Å². The maximum absolute atomic E-state index is 6.62. The second kappa shape index (κ2) is 4.45. The molecule has 1 atom stereocenters. The quantitative estimate of drug-likeness (QED) is 0.568. The van der Waals surface area contributed by atoms with Crippen molar-refractivity contribution in [2.75, 3.05) is 0 Å². The first-order chi connectivity index (χ1) is 8.66. The van der Waals surface area contributed by atoms with E-state index in [0.717, 1.165) is 17.1 Å². The summed E-state index contributed by atoms with van der Waals surface area (Å²) in [7, 11) is 0. The Balaban J connectivity index is 2.12. The molecule has 0 saturated carbocycles. The molecule has 3 aromatic rings. The Bertz CT molecular complexity index is 695. The van der Waals surface area contributed by atoms with Crippen LogP contribution in [0.1, 0.15) is 28.0 Å². The van der Waals surface area contributed by atoms with E-state index in [1.54, 1.807) is 11.3 Å². The lowest BCUT2D eigenvalue weighted by Crippen LogP contribution is -1.91. The highest BCUT2D eigenvalue weighted by Crippen LogP contribution is 2.39. The van der Waals surface area contributed by atoms with Gasteiger partial charge in [-0.15, -0.1) is 22.9 Å². The smallest absolute Gasteiger partial charge is 0.106 e. The average molecular weight is 277 g/mol. The average Bonchev–Trinajstić information content (AvgIpc) is 2.92. The van der Waals surface area contributed by atoms with Crippen molar-refractivity contribution in [3.8, 4) is 0 Å². The number of fused-ring (bicyclic) bond motifs is 1. The van der Waals surface area contributed by atoms with Crippen molar-refractivity contribution >= 4 is 33.0 Å². The Hall–Kier alpha value is -1.25. The number of hydrogen-bond donors (Lipinski definition) is 0. The Morgan fingerprint density at radius 3 is 2.67 bits per heavy atom. The van der Waals surface area contributed by atoms with Crippen molar-refractivity contribution in [3.63, 3.8) is 0 Å². The Labute approximate surface area is 115 Å². The van der Waals surface area contributed by atoms with Gasteiger partial charge in [-0.1, -0.05) is 18.2 Å². The van der Waals surface area contributed by atoms with Gasteiger partial charge < -0.3 is 4.42 Å². The van der Waals surface area contributed by atoms with Crippen LogP contribution in [-0.2, 0) is 0 Å².